The van der Waals surface area contributed by atoms with E-state index in [1.54, 1.807) is 48.5 Å². The van der Waals surface area contributed by atoms with Crippen molar-refractivity contribution >= 4 is 17.5 Å². The van der Waals surface area contributed by atoms with Gasteiger partial charge in [0.15, 0.2) is 5.69 Å². The highest BCUT2D eigenvalue weighted by Gasteiger charge is 2.35. The average molecular weight is 493 g/mol. The van der Waals surface area contributed by atoms with Crippen LogP contribution in [0.15, 0.2) is 54.6 Å². The lowest BCUT2D eigenvalue weighted by atomic mass is 10.1. The van der Waals surface area contributed by atoms with Gasteiger partial charge in [-0.1, -0.05) is 35.9 Å². The SMILES string of the molecule is O=C(NCCCN1CCOCC1)c1ccc(-c2cc(C(F)(F)F)nn2-c2ccccc2Cl)cc1. The lowest BCUT2D eigenvalue weighted by molar-refractivity contribution is -0.141. The third-order valence-electron chi connectivity index (χ3n) is 5.56. The summed E-state index contributed by atoms with van der Waals surface area (Å²) < 4.78 is 46.6. The molecule has 0 atom stereocenters. The molecule has 1 N–H and O–H groups in total. The first-order chi connectivity index (χ1) is 16.3. The summed E-state index contributed by atoms with van der Waals surface area (Å²) in [5.74, 6) is -0.232. The number of carbonyl (C=O) groups excluding carboxylic acids is 1. The third kappa shape index (κ3) is 5.78. The maximum absolute atomic E-state index is 13.4. The molecule has 0 saturated carbocycles. The quantitative estimate of drug-likeness (QED) is 0.487. The van der Waals surface area contributed by atoms with Crippen LogP contribution >= 0.6 is 11.6 Å². The second kappa shape index (κ2) is 10.6. The Hall–Kier alpha value is -2.88. The first-order valence-electron chi connectivity index (χ1n) is 10.9. The van der Waals surface area contributed by atoms with Crippen molar-refractivity contribution in [2.75, 3.05) is 39.4 Å². The highest BCUT2D eigenvalue weighted by molar-refractivity contribution is 6.32. The highest BCUT2D eigenvalue weighted by Crippen LogP contribution is 2.34. The van der Waals surface area contributed by atoms with E-state index in [-0.39, 0.29) is 16.6 Å². The standard InChI is InChI=1S/C24H24ClF3N4O2/c25-19-4-1-2-5-20(19)32-21(16-22(30-32)24(26,27)28)17-6-8-18(9-7-17)23(33)29-10-3-11-31-12-14-34-15-13-31/h1-2,4-9,16H,3,10-15H2,(H,29,33). The van der Waals surface area contributed by atoms with Crippen LogP contribution in [0.1, 0.15) is 22.5 Å². The number of para-hydroxylation sites is 1. The number of nitrogens with one attached hydrogen (secondary N) is 1. The third-order valence-corrected chi connectivity index (χ3v) is 5.88. The molecule has 34 heavy (non-hydrogen) atoms. The average Bonchev–Trinajstić information content (AvgIpc) is 3.29. The van der Waals surface area contributed by atoms with Gasteiger partial charge < -0.3 is 10.1 Å². The van der Waals surface area contributed by atoms with Crippen LogP contribution in [0, 0.1) is 0 Å². The summed E-state index contributed by atoms with van der Waals surface area (Å²) in [5, 5.41) is 6.91. The molecule has 10 heteroatoms. The van der Waals surface area contributed by atoms with Crippen LogP contribution < -0.4 is 5.32 Å². The largest absolute Gasteiger partial charge is 0.435 e. The molecule has 0 unspecified atom stereocenters. The number of hydrogen-bond acceptors (Lipinski definition) is 4. The summed E-state index contributed by atoms with van der Waals surface area (Å²) >= 11 is 6.21. The number of alkyl halides is 3. The lowest BCUT2D eigenvalue weighted by Gasteiger charge is -2.26. The minimum absolute atomic E-state index is 0.220. The van der Waals surface area contributed by atoms with Crippen LogP contribution in [0.2, 0.25) is 5.02 Å². The topological polar surface area (TPSA) is 59.4 Å². The van der Waals surface area contributed by atoms with Gasteiger partial charge in [-0.15, -0.1) is 0 Å². The van der Waals surface area contributed by atoms with Gasteiger partial charge in [0.1, 0.15) is 0 Å². The Kier molecular flexibility index (Phi) is 7.55. The van der Waals surface area contributed by atoms with Crippen molar-refractivity contribution in [1.82, 2.24) is 20.0 Å². The zero-order valence-corrected chi connectivity index (χ0v) is 19.1. The van der Waals surface area contributed by atoms with Crippen molar-refractivity contribution in [1.29, 1.82) is 0 Å². The van der Waals surface area contributed by atoms with Crippen molar-refractivity contribution in [2.24, 2.45) is 0 Å². The Balaban J connectivity index is 1.47. The summed E-state index contributed by atoms with van der Waals surface area (Å²) in [6.45, 7) is 4.69. The van der Waals surface area contributed by atoms with Gasteiger partial charge in [-0.2, -0.15) is 18.3 Å². The van der Waals surface area contributed by atoms with Crippen molar-refractivity contribution in [3.05, 3.63) is 70.9 Å². The molecule has 0 spiro atoms. The van der Waals surface area contributed by atoms with Gasteiger partial charge in [0, 0.05) is 30.8 Å². The van der Waals surface area contributed by atoms with Crippen molar-refractivity contribution in [3.8, 4) is 16.9 Å². The van der Waals surface area contributed by atoms with Crippen molar-refractivity contribution in [3.63, 3.8) is 0 Å². The second-order valence-electron chi connectivity index (χ2n) is 7.92. The molecular formula is C24H24ClF3N4O2. The molecule has 1 fully saturated rings. The lowest BCUT2D eigenvalue weighted by Crippen LogP contribution is -2.38. The molecule has 4 rings (SSSR count). The minimum atomic E-state index is -4.61. The van der Waals surface area contributed by atoms with Gasteiger partial charge in [0.25, 0.3) is 5.91 Å². The summed E-state index contributed by atoms with van der Waals surface area (Å²) in [6, 6.07) is 13.9. The molecule has 6 nitrogen and oxygen atoms in total. The second-order valence-corrected chi connectivity index (χ2v) is 8.32. The fourth-order valence-corrected chi connectivity index (χ4v) is 3.97. The normalized spacial score (nSPS) is 14.8. The molecular weight excluding hydrogens is 469 g/mol. The fraction of sp³-hybridized carbons (Fsp3) is 0.333. The van der Waals surface area contributed by atoms with Gasteiger partial charge in [0.05, 0.1) is 29.6 Å². The predicted molar refractivity (Wildman–Crippen MR) is 123 cm³/mol. The van der Waals surface area contributed by atoms with Gasteiger partial charge >= 0.3 is 6.18 Å². The predicted octanol–water partition coefficient (Wildman–Crippen LogP) is 4.66. The Morgan fingerprint density at radius 2 is 1.79 bits per heavy atom. The summed E-state index contributed by atoms with van der Waals surface area (Å²) in [4.78, 5) is 14.8. The maximum Gasteiger partial charge on any atom is 0.435 e. The molecule has 1 saturated heterocycles. The van der Waals surface area contributed by atoms with E-state index in [0.29, 0.717) is 23.4 Å². The number of aromatic nitrogens is 2. The van der Waals surface area contributed by atoms with Gasteiger partial charge in [-0.3, -0.25) is 9.69 Å². The van der Waals surface area contributed by atoms with Crippen LogP contribution in [-0.4, -0.2) is 60.0 Å². The Morgan fingerprint density at radius 1 is 1.09 bits per heavy atom. The van der Waals surface area contributed by atoms with E-state index in [9.17, 15) is 18.0 Å². The van der Waals surface area contributed by atoms with Gasteiger partial charge in [-0.25, -0.2) is 4.68 Å². The summed E-state index contributed by atoms with van der Waals surface area (Å²) in [5.41, 5.74) is 0.431. The minimum Gasteiger partial charge on any atom is -0.379 e. The van der Waals surface area contributed by atoms with Gasteiger partial charge in [-0.05, 0) is 43.3 Å². The molecule has 1 aliphatic rings. The van der Waals surface area contributed by atoms with E-state index in [2.05, 4.69) is 15.3 Å². The molecule has 0 bridgehead atoms. The Bertz CT molecular complexity index is 1130. The highest BCUT2D eigenvalue weighted by atomic mass is 35.5. The van der Waals surface area contributed by atoms with E-state index in [0.717, 1.165) is 45.3 Å². The van der Waals surface area contributed by atoms with Crippen LogP contribution in [0.3, 0.4) is 0 Å². The summed E-state index contributed by atoms with van der Waals surface area (Å²) in [6.07, 6.45) is -3.79. The fourth-order valence-electron chi connectivity index (χ4n) is 3.76. The monoisotopic (exact) mass is 492 g/mol. The Labute approximate surface area is 200 Å². The number of ether oxygens (including phenoxy) is 1. The first kappa shape index (κ1) is 24.3. The first-order valence-corrected chi connectivity index (χ1v) is 11.3. The van der Waals surface area contributed by atoms with Crippen LogP contribution in [-0.2, 0) is 10.9 Å². The van der Waals surface area contributed by atoms with Crippen molar-refractivity contribution in [2.45, 2.75) is 12.6 Å². The van der Waals surface area contributed by atoms with Crippen LogP contribution in [0.25, 0.3) is 16.9 Å². The van der Waals surface area contributed by atoms with Gasteiger partial charge in [0.2, 0.25) is 0 Å². The maximum atomic E-state index is 13.4. The molecule has 2 aromatic carbocycles. The number of benzene rings is 2. The molecule has 1 aliphatic heterocycles. The van der Waals surface area contributed by atoms with E-state index in [1.807, 2.05) is 0 Å². The van der Waals surface area contributed by atoms with Crippen molar-refractivity contribution < 1.29 is 22.7 Å². The summed E-state index contributed by atoms with van der Waals surface area (Å²) in [7, 11) is 0. The number of rotatable bonds is 7. The Morgan fingerprint density at radius 3 is 2.47 bits per heavy atom. The molecule has 1 amide bonds. The van der Waals surface area contributed by atoms with E-state index >= 15 is 0 Å². The van der Waals surface area contributed by atoms with Crippen LogP contribution in [0.5, 0.6) is 0 Å². The number of morpholine rings is 1. The number of carbonyl (C=O) groups is 1. The van der Waals surface area contributed by atoms with Crippen LogP contribution in [0.4, 0.5) is 13.2 Å². The zero-order valence-electron chi connectivity index (χ0n) is 18.3. The molecule has 0 radical (unpaired) electrons. The molecule has 0 aliphatic carbocycles. The van der Waals surface area contributed by atoms with E-state index in [1.165, 1.54) is 4.68 Å². The van der Waals surface area contributed by atoms with E-state index in [4.69, 9.17) is 16.3 Å². The molecule has 2 heterocycles. The molecule has 3 aromatic rings. The number of hydrogen-bond donors (Lipinski definition) is 1. The van der Waals surface area contributed by atoms with E-state index < -0.39 is 11.9 Å². The number of nitrogens with zero attached hydrogens (tertiary/aromatic N) is 3. The zero-order chi connectivity index (χ0) is 24.1. The number of amides is 1. The number of halogens is 4. The molecule has 180 valence electrons. The smallest absolute Gasteiger partial charge is 0.379 e. The molecule has 1 aromatic heterocycles.